The van der Waals surface area contributed by atoms with Gasteiger partial charge in [0.15, 0.2) is 0 Å². The van der Waals surface area contributed by atoms with Crippen molar-refractivity contribution in [3.8, 4) is 0 Å². The van der Waals surface area contributed by atoms with Gasteiger partial charge < -0.3 is 5.73 Å². The molecule has 0 radical (unpaired) electrons. The maximum atomic E-state index is 6.18. The molecule has 2 unspecified atom stereocenters. The molecule has 1 aromatic heterocycles. The summed E-state index contributed by atoms with van der Waals surface area (Å²) in [6.07, 6.45) is 10.4. The molecule has 14 heavy (non-hydrogen) atoms. The van der Waals surface area contributed by atoms with Gasteiger partial charge in [-0.1, -0.05) is 19.3 Å². The van der Waals surface area contributed by atoms with Crippen LogP contribution in [0.1, 0.15) is 43.6 Å². The van der Waals surface area contributed by atoms with Gasteiger partial charge in [0.05, 0.1) is 6.20 Å². The van der Waals surface area contributed by atoms with E-state index in [1.807, 2.05) is 17.9 Å². The van der Waals surface area contributed by atoms with Crippen LogP contribution in [-0.4, -0.2) is 15.8 Å². The first-order chi connectivity index (χ1) is 6.77. The summed E-state index contributed by atoms with van der Waals surface area (Å²) in [6, 6.07) is 0.335. The summed E-state index contributed by atoms with van der Waals surface area (Å²) >= 11 is 0. The summed E-state index contributed by atoms with van der Waals surface area (Å²) in [4.78, 5) is 0. The second kappa shape index (κ2) is 4.13. The van der Waals surface area contributed by atoms with Crippen LogP contribution in [0.2, 0.25) is 0 Å². The van der Waals surface area contributed by atoms with E-state index in [0.717, 1.165) is 0 Å². The zero-order valence-electron chi connectivity index (χ0n) is 8.82. The van der Waals surface area contributed by atoms with Crippen molar-refractivity contribution in [1.29, 1.82) is 0 Å². The highest BCUT2D eigenvalue weighted by atomic mass is 15.2. The smallest absolute Gasteiger partial charge is 0.0525 e. The van der Waals surface area contributed by atoms with Crippen LogP contribution in [0, 0.1) is 0 Å². The molecule has 3 heteroatoms. The fraction of sp³-hybridized carbons (Fsp3) is 0.727. The maximum absolute atomic E-state index is 6.18. The van der Waals surface area contributed by atoms with Crippen LogP contribution < -0.4 is 5.73 Å². The minimum Gasteiger partial charge on any atom is -0.327 e. The molecule has 3 nitrogen and oxygen atoms in total. The third-order valence-electron chi connectivity index (χ3n) is 3.22. The molecule has 2 rings (SSSR count). The van der Waals surface area contributed by atoms with Gasteiger partial charge in [0.25, 0.3) is 0 Å². The van der Waals surface area contributed by atoms with Crippen molar-refractivity contribution in [3.05, 3.63) is 18.0 Å². The Bertz CT molecular complexity index is 292. The lowest BCUT2D eigenvalue weighted by atomic mass is 9.90. The molecule has 78 valence electrons. The van der Waals surface area contributed by atoms with E-state index in [4.69, 9.17) is 5.73 Å². The number of aryl methyl sites for hydroxylation is 1. The predicted octanol–water partition coefficient (Wildman–Crippen LogP) is 1.80. The number of rotatable bonds is 1. The van der Waals surface area contributed by atoms with Crippen molar-refractivity contribution in [1.82, 2.24) is 9.78 Å². The molecular weight excluding hydrogens is 174 g/mol. The highest BCUT2D eigenvalue weighted by molar-refractivity contribution is 5.14. The predicted molar refractivity (Wildman–Crippen MR) is 57.0 cm³/mol. The number of hydrogen-bond acceptors (Lipinski definition) is 2. The van der Waals surface area contributed by atoms with Crippen LogP contribution in [0.25, 0.3) is 0 Å². The summed E-state index contributed by atoms with van der Waals surface area (Å²) < 4.78 is 1.87. The topological polar surface area (TPSA) is 43.8 Å². The molecule has 0 bridgehead atoms. The van der Waals surface area contributed by atoms with E-state index in [-0.39, 0.29) is 0 Å². The van der Waals surface area contributed by atoms with Gasteiger partial charge in [-0.3, -0.25) is 4.68 Å². The van der Waals surface area contributed by atoms with Crippen molar-refractivity contribution < 1.29 is 0 Å². The van der Waals surface area contributed by atoms with Gasteiger partial charge >= 0.3 is 0 Å². The monoisotopic (exact) mass is 193 g/mol. The Hall–Kier alpha value is -0.830. The maximum Gasteiger partial charge on any atom is 0.0525 e. The quantitative estimate of drug-likeness (QED) is 0.691. The van der Waals surface area contributed by atoms with Gasteiger partial charge in [0, 0.05) is 25.2 Å². The molecule has 2 N–H and O–H groups in total. The van der Waals surface area contributed by atoms with E-state index in [9.17, 15) is 0 Å². The van der Waals surface area contributed by atoms with Gasteiger partial charge in [-0.05, 0) is 18.4 Å². The number of nitrogens with zero attached hydrogens (tertiary/aromatic N) is 2. The molecule has 0 spiro atoms. The van der Waals surface area contributed by atoms with E-state index in [1.165, 1.54) is 37.7 Å². The normalized spacial score (nSPS) is 28.7. The van der Waals surface area contributed by atoms with Gasteiger partial charge in [-0.15, -0.1) is 0 Å². The van der Waals surface area contributed by atoms with Gasteiger partial charge in [-0.2, -0.15) is 5.10 Å². The molecule has 1 fully saturated rings. The summed E-state index contributed by atoms with van der Waals surface area (Å²) in [5.74, 6) is 0.534. The number of aromatic nitrogens is 2. The fourth-order valence-corrected chi connectivity index (χ4v) is 2.38. The lowest BCUT2D eigenvalue weighted by Gasteiger charge is -2.19. The average molecular weight is 193 g/mol. The van der Waals surface area contributed by atoms with Gasteiger partial charge in [0.1, 0.15) is 0 Å². The molecule has 0 aliphatic heterocycles. The molecule has 1 saturated carbocycles. The zero-order chi connectivity index (χ0) is 9.97. The third kappa shape index (κ3) is 1.98. The molecule has 2 atom stereocenters. The number of hydrogen-bond donors (Lipinski definition) is 1. The average Bonchev–Trinajstić information content (AvgIpc) is 2.46. The van der Waals surface area contributed by atoms with Crippen molar-refractivity contribution >= 4 is 0 Å². The highest BCUT2D eigenvalue weighted by Crippen LogP contribution is 2.30. The van der Waals surface area contributed by atoms with Crippen molar-refractivity contribution in [2.24, 2.45) is 12.8 Å². The second-order valence-corrected chi connectivity index (χ2v) is 4.36. The van der Waals surface area contributed by atoms with Gasteiger partial charge in [0.2, 0.25) is 0 Å². The van der Waals surface area contributed by atoms with Crippen LogP contribution >= 0.6 is 0 Å². The Morgan fingerprint density at radius 1 is 1.36 bits per heavy atom. The second-order valence-electron chi connectivity index (χ2n) is 4.36. The largest absolute Gasteiger partial charge is 0.327 e. The molecule has 1 aliphatic carbocycles. The molecule has 0 aromatic carbocycles. The van der Waals surface area contributed by atoms with Gasteiger partial charge in [-0.25, -0.2) is 0 Å². The fourth-order valence-electron chi connectivity index (χ4n) is 2.38. The van der Waals surface area contributed by atoms with Crippen molar-refractivity contribution in [3.63, 3.8) is 0 Å². The van der Waals surface area contributed by atoms with E-state index < -0.39 is 0 Å². The SMILES string of the molecule is Cn1cc(C2CCCCCC2N)cn1. The van der Waals surface area contributed by atoms with Crippen molar-refractivity contribution in [2.45, 2.75) is 44.1 Å². The highest BCUT2D eigenvalue weighted by Gasteiger charge is 2.22. The molecular formula is C11H19N3. The van der Waals surface area contributed by atoms with Crippen molar-refractivity contribution in [2.75, 3.05) is 0 Å². The Morgan fingerprint density at radius 2 is 2.14 bits per heavy atom. The first kappa shape index (κ1) is 9.71. The van der Waals surface area contributed by atoms with E-state index in [2.05, 4.69) is 11.3 Å². The molecule has 0 saturated heterocycles. The lowest BCUT2D eigenvalue weighted by molar-refractivity contribution is 0.505. The first-order valence-electron chi connectivity index (χ1n) is 5.51. The van der Waals surface area contributed by atoms with Crippen LogP contribution in [-0.2, 0) is 7.05 Å². The van der Waals surface area contributed by atoms with E-state index >= 15 is 0 Å². The molecule has 1 aliphatic rings. The summed E-state index contributed by atoms with van der Waals surface area (Å²) in [5, 5.41) is 4.22. The molecule has 1 heterocycles. The first-order valence-corrected chi connectivity index (χ1v) is 5.51. The molecule has 0 amide bonds. The number of nitrogens with two attached hydrogens (primary N) is 1. The zero-order valence-corrected chi connectivity index (χ0v) is 8.82. The summed E-state index contributed by atoms with van der Waals surface area (Å²) in [5.41, 5.74) is 7.50. The Balaban J connectivity index is 2.14. The van der Waals surface area contributed by atoms with Crippen LogP contribution in [0.15, 0.2) is 12.4 Å². The van der Waals surface area contributed by atoms with E-state index in [1.54, 1.807) is 0 Å². The standard InChI is InChI=1S/C11H19N3/c1-14-8-9(7-13-14)10-5-3-2-4-6-11(10)12/h7-8,10-11H,2-6,12H2,1H3. The van der Waals surface area contributed by atoms with Crippen LogP contribution in [0.3, 0.4) is 0 Å². The van der Waals surface area contributed by atoms with Crippen LogP contribution in [0.5, 0.6) is 0 Å². The minimum absolute atomic E-state index is 0.335. The Kier molecular flexibility index (Phi) is 2.87. The summed E-state index contributed by atoms with van der Waals surface area (Å²) in [7, 11) is 1.96. The third-order valence-corrected chi connectivity index (χ3v) is 3.22. The minimum atomic E-state index is 0.335. The summed E-state index contributed by atoms with van der Waals surface area (Å²) in [6.45, 7) is 0. The Morgan fingerprint density at radius 3 is 2.86 bits per heavy atom. The van der Waals surface area contributed by atoms with E-state index in [0.29, 0.717) is 12.0 Å². The molecule has 1 aromatic rings. The van der Waals surface area contributed by atoms with Crippen LogP contribution in [0.4, 0.5) is 0 Å². The lowest BCUT2D eigenvalue weighted by Crippen LogP contribution is -2.26. The Labute approximate surface area is 85.3 Å².